The quantitative estimate of drug-likeness (QED) is 0.368. The lowest BCUT2D eigenvalue weighted by Crippen LogP contribution is -2.31. The van der Waals surface area contributed by atoms with Crippen LogP contribution in [0, 0.1) is 12.8 Å². The number of alkyl halides is 3. The molecule has 0 aliphatic heterocycles. The third-order valence-corrected chi connectivity index (χ3v) is 6.49. The fourth-order valence-corrected chi connectivity index (χ4v) is 4.93. The highest BCUT2D eigenvalue weighted by Gasteiger charge is 2.40. The molecule has 9 nitrogen and oxygen atoms in total. The molecule has 3 unspecified atom stereocenters. The van der Waals surface area contributed by atoms with E-state index in [0.717, 1.165) is 10.2 Å². The molecule has 2 aromatic heterocycles. The maximum atomic E-state index is 12.8. The predicted octanol–water partition coefficient (Wildman–Crippen LogP) is 3.19. The number of halogens is 3. The normalized spacial score (nSPS) is 21.9. The highest BCUT2D eigenvalue weighted by molar-refractivity contribution is 7.21. The van der Waals surface area contributed by atoms with Crippen LogP contribution in [0.3, 0.4) is 0 Å². The molecule has 1 saturated carbocycles. The van der Waals surface area contributed by atoms with E-state index in [-0.39, 0.29) is 24.1 Å². The number of fused-ring (bicyclic) bond motifs is 1. The van der Waals surface area contributed by atoms with Crippen molar-refractivity contribution in [3.8, 4) is 10.6 Å². The Labute approximate surface area is 196 Å². The average molecular weight is 497 g/mol. The van der Waals surface area contributed by atoms with Crippen molar-refractivity contribution in [2.24, 2.45) is 11.1 Å². The smallest absolute Gasteiger partial charge is 0.399 e. The van der Waals surface area contributed by atoms with Crippen molar-refractivity contribution in [1.29, 1.82) is 0 Å². The number of para-hydroxylation sites is 1. The van der Waals surface area contributed by atoms with Crippen molar-refractivity contribution < 1.29 is 28.2 Å². The first kappa shape index (κ1) is 24.1. The Bertz CT molecular complexity index is 1170. The van der Waals surface area contributed by atoms with Gasteiger partial charge in [-0.15, -0.1) is 11.3 Å². The molecule has 34 heavy (non-hydrogen) atoms. The largest absolute Gasteiger partial charge is 0.405 e. The van der Waals surface area contributed by atoms with Gasteiger partial charge in [0.1, 0.15) is 36.3 Å². The van der Waals surface area contributed by atoms with E-state index in [1.54, 1.807) is 6.92 Å². The molecule has 2 heterocycles. The van der Waals surface area contributed by atoms with Gasteiger partial charge in [-0.05, 0) is 25.5 Å². The monoisotopic (exact) mass is 496 g/mol. The first-order valence-corrected chi connectivity index (χ1v) is 11.2. The second-order valence-corrected chi connectivity index (χ2v) is 8.86. The number of benzene rings is 1. The summed E-state index contributed by atoms with van der Waals surface area (Å²) in [5.41, 5.74) is 1.98. The first-order chi connectivity index (χ1) is 16.2. The van der Waals surface area contributed by atoms with Gasteiger partial charge in [0, 0.05) is 12.5 Å². The van der Waals surface area contributed by atoms with Crippen molar-refractivity contribution >= 4 is 39.0 Å². The molecule has 1 fully saturated rings. The zero-order chi connectivity index (χ0) is 24.5. The summed E-state index contributed by atoms with van der Waals surface area (Å²) < 4.78 is 39.2. The number of rotatable bonds is 7. The van der Waals surface area contributed by atoms with E-state index < -0.39 is 30.8 Å². The molecule has 3 aromatic rings. The third kappa shape index (κ3) is 5.05. The molecule has 182 valence electrons. The van der Waals surface area contributed by atoms with Crippen LogP contribution in [0.25, 0.3) is 20.8 Å². The number of hydrogen-bond acceptors (Lipinski definition) is 10. The lowest BCUT2D eigenvalue weighted by atomic mass is 10.1. The van der Waals surface area contributed by atoms with Crippen molar-refractivity contribution in [2.45, 2.75) is 31.7 Å². The van der Waals surface area contributed by atoms with Crippen LogP contribution in [0.4, 0.5) is 24.9 Å². The van der Waals surface area contributed by atoms with E-state index >= 15 is 0 Å². The number of anilines is 2. The fraction of sp³-hybridized carbons (Fsp3) is 0.429. The maximum Gasteiger partial charge on any atom is 0.405 e. The van der Waals surface area contributed by atoms with Crippen LogP contribution >= 0.6 is 11.3 Å². The van der Waals surface area contributed by atoms with Gasteiger partial charge in [-0.25, -0.2) is 9.97 Å². The molecule has 4 rings (SSSR count). The summed E-state index contributed by atoms with van der Waals surface area (Å²) in [7, 11) is 1.34. The van der Waals surface area contributed by atoms with E-state index in [4.69, 9.17) is 4.84 Å². The van der Waals surface area contributed by atoms with Gasteiger partial charge in [0.2, 0.25) is 5.95 Å². The Balaban J connectivity index is 1.77. The average Bonchev–Trinajstić information content (AvgIpc) is 3.33. The summed E-state index contributed by atoms with van der Waals surface area (Å²) in [6.07, 6.45) is -5.18. The van der Waals surface area contributed by atoms with E-state index in [0.29, 0.717) is 22.7 Å². The minimum atomic E-state index is -4.45. The Morgan fingerprint density at radius 2 is 2.00 bits per heavy atom. The summed E-state index contributed by atoms with van der Waals surface area (Å²) >= 11 is 1.40. The van der Waals surface area contributed by atoms with Gasteiger partial charge in [0.25, 0.3) is 0 Å². The number of aryl methyl sites for hydroxylation is 1. The molecule has 4 N–H and O–H groups in total. The predicted molar refractivity (Wildman–Crippen MR) is 123 cm³/mol. The summed E-state index contributed by atoms with van der Waals surface area (Å²) in [5.74, 6) is -0.455. The molecular formula is C21H23F3N6O3S. The molecule has 0 saturated heterocycles. The first-order valence-electron chi connectivity index (χ1n) is 10.4. The zero-order valence-electron chi connectivity index (χ0n) is 18.3. The molecule has 0 amide bonds. The van der Waals surface area contributed by atoms with Gasteiger partial charge in [-0.1, -0.05) is 17.3 Å². The highest BCUT2D eigenvalue weighted by atomic mass is 32.1. The fourth-order valence-electron chi connectivity index (χ4n) is 3.87. The lowest BCUT2D eigenvalue weighted by Gasteiger charge is -2.19. The van der Waals surface area contributed by atoms with Crippen LogP contribution < -0.4 is 10.6 Å². The molecular weight excluding hydrogens is 473 g/mol. The zero-order valence-corrected chi connectivity index (χ0v) is 19.1. The molecule has 0 spiro atoms. The lowest BCUT2D eigenvalue weighted by molar-refractivity contribution is -0.115. The van der Waals surface area contributed by atoms with Crippen molar-refractivity contribution in [1.82, 2.24) is 15.0 Å². The number of aliphatic hydroxyl groups excluding tert-OH is 2. The summed E-state index contributed by atoms with van der Waals surface area (Å²) in [6.45, 7) is 0.0999. The number of aliphatic hydroxyl groups is 2. The second-order valence-electron chi connectivity index (χ2n) is 7.83. The Morgan fingerprint density at radius 3 is 2.68 bits per heavy atom. The van der Waals surface area contributed by atoms with Crippen molar-refractivity contribution in [3.63, 3.8) is 0 Å². The molecule has 1 aromatic carbocycles. The van der Waals surface area contributed by atoms with Gasteiger partial charge in [0.05, 0.1) is 27.5 Å². The number of aromatic nitrogens is 3. The van der Waals surface area contributed by atoms with Gasteiger partial charge < -0.3 is 25.7 Å². The number of nitrogens with one attached hydrogen (secondary N) is 2. The van der Waals surface area contributed by atoms with E-state index in [9.17, 15) is 23.4 Å². The Morgan fingerprint density at radius 1 is 1.24 bits per heavy atom. The standard InChI is InChI=1S/C21H23F3N6O3S/c1-10-15(19-28-12-5-3-4-6-14(12)34-19)18(29-20(26-10)25-9-21(22,23)24)27-13-7-11(8-31)17(32)16(13)30-33-2/h3-6,11,13,17,31-32H,7-9H2,1-2H3,(H2,25,26,27,29). The van der Waals surface area contributed by atoms with Crippen molar-refractivity contribution in [3.05, 3.63) is 30.0 Å². The summed E-state index contributed by atoms with van der Waals surface area (Å²) in [5, 5.41) is 30.0. The third-order valence-electron chi connectivity index (χ3n) is 5.43. The van der Waals surface area contributed by atoms with Crippen LogP contribution in [-0.2, 0) is 4.84 Å². The minimum absolute atomic E-state index is 0.204. The number of thiazole rings is 1. The van der Waals surface area contributed by atoms with Gasteiger partial charge in [-0.3, -0.25) is 0 Å². The van der Waals surface area contributed by atoms with Crippen LogP contribution in [0.2, 0.25) is 0 Å². The Hall–Kier alpha value is -3.03. The van der Waals surface area contributed by atoms with E-state index in [1.165, 1.54) is 18.4 Å². The SMILES string of the molecule is CON=C1C(Nc2nc(NCC(F)(F)F)nc(C)c2-c2nc3ccccc3s2)CC(CO)C1O. The van der Waals surface area contributed by atoms with Gasteiger partial charge in [0.15, 0.2) is 0 Å². The van der Waals surface area contributed by atoms with Crippen LogP contribution in [0.15, 0.2) is 29.4 Å². The van der Waals surface area contributed by atoms with Crippen LogP contribution in [0.5, 0.6) is 0 Å². The summed E-state index contributed by atoms with van der Waals surface area (Å²) in [6, 6.07) is 6.95. The van der Waals surface area contributed by atoms with E-state index in [1.807, 2.05) is 24.3 Å². The molecule has 1 aliphatic rings. The van der Waals surface area contributed by atoms with Crippen LogP contribution in [-0.4, -0.2) is 69.5 Å². The number of nitrogens with zero attached hydrogens (tertiary/aromatic N) is 4. The molecule has 1 aliphatic carbocycles. The van der Waals surface area contributed by atoms with Gasteiger partial charge in [-0.2, -0.15) is 18.2 Å². The highest BCUT2D eigenvalue weighted by Crippen LogP contribution is 2.37. The molecule has 0 bridgehead atoms. The maximum absolute atomic E-state index is 12.8. The van der Waals surface area contributed by atoms with Crippen molar-refractivity contribution in [2.75, 3.05) is 30.9 Å². The number of hydrogen-bond donors (Lipinski definition) is 4. The molecule has 13 heteroatoms. The van der Waals surface area contributed by atoms with Crippen LogP contribution in [0.1, 0.15) is 12.1 Å². The van der Waals surface area contributed by atoms with Gasteiger partial charge >= 0.3 is 6.18 Å². The molecule has 0 radical (unpaired) electrons. The number of oxime groups is 1. The minimum Gasteiger partial charge on any atom is -0.399 e. The molecule has 3 atom stereocenters. The Kier molecular flexibility index (Phi) is 6.86. The topological polar surface area (TPSA) is 125 Å². The van der Waals surface area contributed by atoms with E-state index in [2.05, 4.69) is 30.7 Å². The second kappa shape index (κ2) is 9.68. The summed E-state index contributed by atoms with van der Waals surface area (Å²) in [4.78, 5) is 18.0.